The monoisotopic (exact) mass is 307 g/mol. The smallest absolute Gasteiger partial charge is 0.311 e. The van der Waals surface area contributed by atoms with Crippen LogP contribution in [0.3, 0.4) is 0 Å². The molecule has 0 radical (unpaired) electrons. The van der Waals surface area contributed by atoms with Crippen molar-refractivity contribution in [1.29, 1.82) is 0 Å². The second-order valence-electron chi connectivity index (χ2n) is 5.19. The minimum absolute atomic E-state index is 0.166. The van der Waals surface area contributed by atoms with Gasteiger partial charge in [0.25, 0.3) is 11.8 Å². The molecule has 1 aliphatic heterocycles. The van der Waals surface area contributed by atoms with Crippen LogP contribution in [0, 0.1) is 11.8 Å². The molecule has 5 nitrogen and oxygen atoms in total. The normalized spacial score (nSPS) is 30.0. The summed E-state index contributed by atoms with van der Waals surface area (Å²) in [6.07, 6.45) is 0. The third kappa shape index (κ3) is 1.95. The maximum Gasteiger partial charge on any atom is 0.311 e. The van der Waals surface area contributed by atoms with Gasteiger partial charge in [0.15, 0.2) is 0 Å². The molecule has 0 spiro atoms. The van der Waals surface area contributed by atoms with Crippen LogP contribution >= 0.6 is 11.6 Å². The molecule has 0 aromatic heterocycles. The molecule has 1 saturated carbocycles. The Kier molecular flexibility index (Phi) is 3.24. The molecular weight excluding hydrogens is 294 g/mol. The number of imide groups is 1. The fourth-order valence-corrected chi connectivity index (χ4v) is 3.40. The maximum atomic E-state index is 12.4. The first-order valence-electron chi connectivity index (χ1n) is 6.78. The molecule has 1 aliphatic carbocycles. The number of esters is 1. The minimum Gasteiger partial charge on any atom is -0.466 e. The SMILES string of the molecule is CCOC(=O)[C@@H]1[C@H]2CN(C(=O)c3ccccc3)C(=O)[C@]21Cl. The van der Waals surface area contributed by atoms with Gasteiger partial charge in [0.2, 0.25) is 0 Å². The van der Waals surface area contributed by atoms with Gasteiger partial charge in [-0.2, -0.15) is 0 Å². The van der Waals surface area contributed by atoms with Crippen LogP contribution in [0.1, 0.15) is 17.3 Å². The number of rotatable bonds is 3. The van der Waals surface area contributed by atoms with Crippen molar-refractivity contribution < 1.29 is 19.1 Å². The zero-order chi connectivity index (χ0) is 15.2. The number of ether oxygens (including phenoxy) is 1. The van der Waals surface area contributed by atoms with E-state index in [0.717, 1.165) is 4.90 Å². The predicted molar refractivity (Wildman–Crippen MR) is 74.7 cm³/mol. The lowest BCUT2D eigenvalue weighted by atomic mass is 10.2. The summed E-state index contributed by atoms with van der Waals surface area (Å²) in [7, 11) is 0. The largest absolute Gasteiger partial charge is 0.466 e. The lowest BCUT2D eigenvalue weighted by Crippen LogP contribution is -2.40. The standard InChI is InChI=1S/C15H14ClNO4/c1-2-21-13(19)11-10-8-17(14(20)15(10,11)16)12(18)9-6-4-3-5-7-9/h3-7,10-11H,2,8H2,1H3/t10-,11+,15+/m1/s1. The number of amides is 2. The molecule has 1 aromatic carbocycles. The maximum absolute atomic E-state index is 12.4. The number of halogens is 1. The van der Waals surface area contributed by atoms with Gasteiger partial charge in [-0.15, -0.1) is 11.6 Å². The summed E-state index contributed by atoms with van der Waals surface area (Å²) in [6, 6.07) is 8.53. The Balaban J connectivity index is 1.76. The quantitative estimate of drug-likeness (QED) is 0.482. The molecule has 21 heavy (non-hydrogen) atoms. The minimum atomic E-state index is -1.29. The highest BCUT2D eigenvalue weighted by Crippen LogP contribution is 2.61. The lowest BCUT2D eigenvalue weighted by Gasteiger charge is -2.19. The molecular formula is C15H14ClNO4. The Hall–Kier alpha value is -1.88. The Morgan fingerprint density at radius 2 is 2.05 bits per heavy atom. The average Bonchev–Trinajstić information content (AvgIpc) is 3.01. The van der Waals surface area contributed by atoms with Crippen LogP contribution in [0.15, 0.2) is 30.3 Å². The number of likely N-dealkylation sites (tertiary alicyclic amines) is 1. The third-order valence-corrected chi connectivity index (χ3v) is 4.72. The van der Waals surface area contributed by atoms with Gasteiger partial charge in [-0.1, -0.05) is 18.2 Å². The van der Waals surface area contributed by atoms with Crippen molar-refractivity contribution in [2.75, 3.05) is 13.2 Å². The van der Waals surface area contributed by atoms with Crippen molar-refractivity contribution in [3.8, 4) is 0 Å². The second kappa shape index (κ2) is 4.84. The molecule has 2 fully saturated rings. The number of hydrogen-bond donors (Lipinski definition) is 0. The number of carbonyl (C=O) groups excluding carboxylic acids is 3. The first kappa shape index (κ1) is 14.1. The van der Waals surface area contributed by atoms with E-state index in [9.17, 15) is 14.4 Å². The number of nitrogens with zero attached hydrogens (tertiary/aromatic N) is 1. The number of benzene rings is 1. The summed E-state index contributed by atoms with van der Waals surface area (Å²) in [5.41, 5.74) is 0.431. The molecule has 6 heteroatoms. The summed E-state index contributed by atoms with van der Waals surface area (Å²) in [4.78, 5) is 36.3. The lowest BCUT2D eigenvalue weighted by molar-refractivity contribution is -0.147. The second-order valence-corrected chi connectivity index (χ2v) is 5.82. The Labute approximate surface area is 126 Å². The molecule has 3 rings (SSSR count). The van der Waals surface area contributed by atoms with Crippen molar-refractivity contribution >= 4 is 29.4 Å². The van der Waals surface area contributed by atoms with E-state index in [1.54, 1.807) is 37.3 Å². The fourth-order valence-electron chi connectivity index (χ4n) is 2.92. The topological polar surface area (TPSA) is 63.7 Å². The van der Waals surface area contributed by atoms with Crippen LogP contribution in [0.2, 0.25) is 0 Å². The molecule has 110 valence electrons. The van der Waals surface area contributed by atoms with Gasteiger partial charge in [0.05, 0.1) is 12.5 Å². The van der Waals surface area contributed by atoms with Gasteiger partial charge in [0.1, 0.15) is 4.87 Å². The number of piperidine rings is 1. The van der Waals surface area contributed by atoms with Crippen LogP contribution in [-0.2, 0) is 14.3 Å². The van der Waals surface area contributed by atoms with E-state index < -0.39 is 22.7 Å². The predicted octanol–water partition coefficient (Wildman–Crippen LogP) is 1.46. The third-order valence-electron chi connectivity index (χ3n) is 4.04. The van der Waals surface area contributed by atoms with Crippen molar-refractivity contribution in [2.45, 2.75) is 11.8 Å². The van der Waals surface area contributed by atoms with Crippen molar-refractivity contribution in [1.82, 2.24) is 4.90 Å². The molecule has 0 unspecified atom stereocenters. The van der Waals surface area contributed by atoms with E-state index in [4.69, 9.17) is 16.3 Å². The molecule has 1 saturated heterocycles. The van der Waals surface area contributed by atoms with E-state index in [0.29, 0.717) is 5.56 Å². The van der Waals surface area contributed by atoms with Gasteiger partial charge < -0.3 is 4.74 Å². The number of alkyl halides is 1. The zero-order valence-corrected chi connectivity index (χ0v) is 12.2. The Morgan fingerprint density at radius 1 is 1.38 bits per heavy atom. The van der Waals surface area contributed by atoms with Crippen LogP contribution in [-0.4, -0.2) is 40.7 Å². The molecule has 1 heterocycles. The van der Waals surface area contributed by atoms with E-state index in [1.165, 1.54) is 0 Å². The molecule has 1 aromatic rings. The summed E-state index contributed by atoms with van der Waals surface area (Å²) in [5, 5.41) is 0. The van der Waals surface area contributed by atoms with E-state index in [1.807, 2.05) is 0 Å². The first-order valence-corrected chi connectivity index (χ1v) is 7.16. The van der Waals surface area contributed by atoms with Gasteiger partial charge in [-0.05, 0) is 19.1 Å². The fraction of sp³-hybridized carbons (Fsp3) is 0.400. The van der Waals surface area contributed by atoms with Crippen LogP contribution in [0.4, 0.5) is 0 Å². The number of hydrogen-bond acceptors (Lipinski definition) is 4. The van der Waals surface area contributed by atoms with Gasteiger partial charge in [-0.25, -0.2) is 0 Å². The van der Waals surface area contributed by atoms with Gasteiger partial charge in [0, 0.05) is 18.0 Å². The van der Waals surface area contributed by atoms with Crippen LogP contribution in [0.25, 0.3) is 0 Å². The Morgan fingerprint density at radius 3 is 2.57 bits per heavy atom. The highest BCUT2D eigenvalue weighted by Gasteiger charge is 2.78. The zero-order valence-electron chi connectivity index (χ0n) is 11.4. The summed E-state index contributed by atoms with van der Waals surface area (Å²) >= 11 is 6.27. The molecule has 2 aliphatic rings. The van der Waals surface area contributed by atoms with Crippen LogP contribution in [0.5, 0.6) is 0 Å². The average molecular weight is 308 g/mol. The number of carbonyl (C=O) groups is 3. The summed E-state index contributed by atoms with van der Waals surface area (Å²) in [6.45, 7) is 2.11. The van der Waals surface area contributed by atoms with Crippen molar-refractivity contribution in [2.24, 2.45) is 11.8 Å². The van der Waals surface area contributed by atoms with Gasteiger partial charge >= 0.3 is 5.97 Å². The van der Waals surface area contributed by atoms with Crippen molar-refractivity contribution in [3.63, 3.8) is 0 Å². The first-order chi connectivity index (χ1) is 10.0. The summed E-state index contributed by atoms with van der Waals surface area (Å²) < 4.78 is 4.92. The Bertz CT molecular complexity index is 617. The van der Waals surface area contributed by atoms with E-state index >= 15 is 0 Å². The molecule has 0 N–H and O–H groups in total. The molecule has 0 bridgehead atoms. The summed E-state index contributed by atoms with van der Waals surface area (Å²) in [5.74, 6) is -2.32. The molecule has 3 atom stereocenters. The highest BCUT2D eigenvalue weighted by atomic mass is 35.5. The highest BCUT2D eigenvalue weighted by molar-refractivity contribution is 6.42. The van der Waals surface area contributed by atoms with Gasteiger partial charge in [-0.3, -0.25) is 19.3 Å². The van der Waals surface area contributed by atoms with E-state index in [-0.39, 0.29) is 25.0 Å². The van der Waals surface area contributed by atoms with E-state index in [2.05, 4.69) is 0 Å². The van der Waals surface area contributed by atoms with Crippen molar-refractivity contribution in [3.05, 3.63) is 35.9 Å². The van der Waals surface area contributed by atoms with Crippen LogP contribution < -0.4 is 0 Å². The molecule has 2 amide bonds. The number of fused-ring (bicyclic) bond motifs is 1.